The van der Waals surface area contributed by atoms with Crippen LogP contribution < -0.4 is 4.74 Å². The second-order valence-electron chi connectivity index (χ2n) is 9.32. The molecule has 170 valence electrons. The maximum Gasteiger partial charge on any atom is 0.255 e. The topological polar surface area (TPSA) is 32.8 Å². The zero-order valence-corrected chi connectivity index (χ0v) is 19.4. The summed E-state index contributed by atoms with van der Waals surface area (Å²) in [5, 5.41) is 0. The molecule has 0 spiro atoms. The van der Waals surface area contributed by atoms with E-state index in [9.17, 15) is 4.79 Å². The third kappa shape index (κ3) is 5.12. The summed E-state index contributed by atoms with van der Waals surface area (Å²) in [6, 6.07) is 22.3. The van der Waals surface area contributed by atoms with Crippen molar-refractivity contribution in [3.05, 3.63) is 94.5 Å². The van der Waals surface area contributed by atoms with E-state index in [1.807, 2.05) is 59.5 Å². The monoisotopic (exact) mass is 440 g/mol. The third-order valence-electron chi connectivity index (χ3n) is 6.75. The Kier molecular flexibility index (Phi) is 6.45. The molecule has 2 heterocycles. The van der Waals surface area contributed by atoms with Gasteiger partial charge in [-0.3, -0.25) is 4.79 Å². The van der Waals surface area contributed by atoms with Crippen LogP contribution in [0.5, 0.6) is 11.5 Å². The molecule has 33 heavy (non-hydrogen) atoms. The number of hydrogen-bond donors (Lipinski definition) is 0. The van der Waals surface area contributed by atoms with Crippen LogP contribution in [0.4, 0.5) is 0 Å². The van der Waals surface area contributed by atoms with Gasteiger partial charge in [-0.1, -0.05) is 42.5 Å². The molecule has 5 rings (SSSR count). The molecule has 1 fully saturated rings. The van der Waals surface area contributed by atoms with E-state index in [4.69, 9.17) is 4.74 Å². The van der Waals surface area contributed by atoms with Gasteiger partial charge in [0, 0.05) is 18.7 Å². The summed E-state index contributed by atoms with van der Waals surface area (Å²) in [7, 11) is 0. The first-order valence-electron chi connectivity index (χ1n) is 12.1. The van der Waals surface area contributed by atoms with E-state index in [1.54, 1.807) is 0 Å². The molecule has 0 radical (unpaired) electrons. The first kappa shape index (κ1) is 21.7. The number of para-hydroxylation sites is 1. The summed E-state index contributed by atoms with van der Waals surface area (Å²) in [6.45, 7) is 7.09. The standard InChI is InChI=1S/C29H32N2O2/c1-22-18-24(8-7-17-30-15-5-6-16-30)19-25-21-31(29(32)28(22)25)20-23-11-13-27(14-12-23)33-26-9-3-2-4-10-26/h2-4,9-14,18-19H,5-8,15-17,20-21H2,1H3. The van der Waals surface area contributed by atoms with Gasteiger partial charge in [-0.05, 0) is 98.8 Å². The fourth-order valence-electron chi connectivity index (χ4n) is 5.10. The molecule has 1 saturated heterocycles. The molecular weight excluding hydrogens is 408 g/mol. The van der Waals surface area contributed by atoms with Crippen molar-refractivity contribution in [1.29, 1.82) is 0 Å². The van der Waals surface area contributed by atoms with E-state index in [0.29, 0.717) is 13.1 Å². The van der Waals surface area contributed by atoms with E-state index in [2.05, 4.69) is 24.0 Å². The zero-order chi connectivity index (χ0) is 22.6. The number of aryl methyl sites for hydroxylation is 2. The summed E-state index contributed by atoms with van der Waals surface area (Å²) < 4.78 is 5.89. The summed E-state index contributed by atoms with van der Waals surface area (Å²) >= 11 is 0. The molecule has 0 aliphatic carbocycles. The van der Waals surface area contributed by atoms with Gasteiger partial charge in [-0.15, -0.1) is 0 Å². The highest BCUT2D eigenvalue weighted by Crippen LogP contribution is 2.30. The smallest absolute Gasteiger partial charge is 0.255 e. The number of nitrogens with zero attached hydrogens (tertiary/aromatic N) is 2. The van der Waals surface area contributed by atoms with Crippen LogP contribution in [-0.4, -0.2) is 35.3 Å². The molecule has 0 unspecified atom stereocenters. The molecule has 1 amide bonds. The molecule has 2 aliphatic rings. The number of ether oxygens (including phenoxy) is 1. The molecule has 4 heteroatoms. The number of amides is 1. The lowest BCUT2D eigenvalue weighted by molar-refractivity contribution is 0.0766. The van der Waals surface area contributed by atoms with E-state index in [0.717, 1.165) is 34.6 Å². The minimum absolute atomic E-state index is 0.149. The van der Waals surface area contributed by atoms with Crippen LogP contribution in [0, 0.1) is 6.92 Å². The van der Waals surface area contributed by atoms with Gasteiger partial charge in [0.1, 0.15) is 11.5 Å². The first-order valence-corrected chi connectivity index (χ1v) is 12.1. The predicted octanol–water partition coefficient (Wildman–Crippen LogP) is 5.97. The second kappa shape index (κ2) is 9.80. The van der Waals surface area contributed by atoms with Crippen molar-refractivity contribution >= 4 is 5.91 Å². The highest BCUT2D eigenvalue weighted by molar-refractivity contribution is 5.99. The number of rotatable bonds is 8. The van der Waals surface area contributed by atoms with Crippen LogP contribution in [0.3, 0.4) is 0 Å². The first-order chi connectivity index (χ1) is 16.2. The zero-order valence-electron chi connectivity index (χ0n) is 19.4. The van der Waals surface area contributed by atoms with E-state index >= 15 is 0 Å². The van der Waals surface area contributed by atoms with Gasteiger partial charge in [0.2, 0.25) is 0 Å². The number of hydrogen-bond acceptors (Lipinski definition) is 3. The van der Waals surface area contributed by atoms with Crippen molar-refractivity contribution in [2.45, 2.75) is 45.7 Å². The molecule has 2 aliphatic heterocycles. The average Bonchev–Trinajstić information content (AvgIpc) is 3.44. The number of benzene rings is 3. The molecule has 0 atom stereocenters. The lowest BCUT2D eigenvalue weighted by atomic mass is 9.98. The highest BCUT2D eigenvalue weighted by atomic mass is 16.5. The Balaban J connectivity index is 1.20. The van der Waals surface area contributed by atoms with Crippen LogP contribution in [-0.2, 0) is 19.5 Å². The molecule has 0 bridgehead atoms. The van der Waals surface area contributed by atoms with Gasteiger partial charge in [0.25, 0.3) is 5.91 Å². The summed E-state index contributed by atoms with van der Waals surface area (Å²) in [6.07, 6.45) is 4.96. The molecule has 0 aromatic heterocycles. The van der Waals surface area contributed by atoms with Crippen molar-refractivity contribution < 1.29 is 9.53 Å². The number of fused-ring (bicyclic) bond motifs is 1. The maximum atomic E-state index is 13.1. The Morgan fingerprint density at radius 2 is 1.61 bits per heavy atom. The fraction of sp³-hybridized carbons (Fsp3) is 0.345. The van der Waals surface area contributed by atoms with Gasteiger partial charge in [0.05, 0.1) is 0 Å². The van der Waals surface area contributed by atoms with E-state index in [-0.39, 0.29) is 5.91 Å². The summed E-state index contributed by atoms with van der Waals surface area (Å²) in [5.74, 6) is 1.77. The number of carbonyl (C=O) groups excluding carboxylic acids is 1. The molecule has 0 saturated carbocycles. The lowest BCUT2D eigenvalue weighted by Gasteiger charge is -2.16. The molecule has 4 nitrogen and oxygen atoms in total. The fourth-order valence-corrected chi connectivity index (χ4v) is 5.10. The second-order valence-corrected chi connectivity index (χ2v) is 9.32. The van der Waals surface area contributed by atoms with Crippen molar-refractivity contribution in [3.8, 4) is 11.5 Å². The normalized spacial score (nSPS) is 15.8. The Morgan fingerprint density at radius 3 is 2.36 bits per heavy atom. The Bertz CT molecular complexity index is 1100. The summed E-state index contributed by atoms with van der Waals surface area (Å²) in [5.41, 5.74) is 5.67. The van der Waals surface area contributed by atoms with Crippen LogP contribution in [0.15, 0.2) is 66.7 Å². The Hall–Kier alpha value is -3.11. The van der Waals surface area contributed by atoms with Crippen molar-refractivity contribution in [1.82, 2.24) is 9.80 Å². The SMILES string of the molecule is Cc1cc(CCCN2CCCC2)cc2c1C(=O)N(Cc1ccc(Oc3ccccc3)cc1)C2. The van der Waals surface area contributed by atoms with Crippen molar-refractivity contribution in [2.24, 2.45) is 0 Å². The lowest BCUT2D eigenvalue weighted by Crippen LogP contribution is -2.23. The number of carbonyl (C=O) groups is 1. The van der Waals surface area contributed by atoms with Crippen LogP contribution in [0.25, 0.3) is 0 Å². The van der Waals surface area contributed by atoms with Crippen LogP contribution >= 0.6 is 0 Å². The predicted molar refractivity (Wildman–Crippen MR) is 132 cm³/mol. The highest BCUT2D eigenvalue weighted by Gasteiger charge is 2.29. The van der Waals surface area contributed by atoms with Gasteiger partial charge < -0.3 is 14.5 Å². The van der Waals surface area contributed by atoms with Crippen molar-refractivity contribution in [3.63, 3.8) is 0 Å². The summed E-state index contributed by atoms with van der Waals surface area (Å²) in [4.78, 5) is 17.7. The molecule has 3 aromatic rings. The molecular formula is C29H32N2O2. The van der Waals surface area contributed by atoms with Crippen LogP contribution in [0.1, 0.15) is 51.9 Å². The largest absolute Gasteiger partial charge is 0.457 e. The quantitative estimate of drug-likeness (QED) is 0.432. The minimum Gasteiger partial charge on any atom is -0.457 e. The Morgan fingerprint density at radius 1 is 0.879 bits per heavy atom. The third-order valence-corrected chi connectivity index (χ3v) is 6.75. The molecule has 3 aromatic carbocycles. The number of likely N-dealkylation sites (tertiary alicyclic amines) is 1. The van der Waals surface area contributed by atoms with E-state index < -0.39 is 0 Å². The van der Waals surface area contributed by atoms with E-state index in [1.165, 1.54) is 50.0 Å². The van der Waals surface area contributed by atoms with Gasteiger partial charge in [-0.25, -0.2) is 0 Å². The van der Waals surface area contributed by atoms with Gasteiger partial charge in [0.15, 0.2) is 0 Å². The maximum absolute atomic E-state index is 13.1. The Labute approximate surface area is 196 Å². The average molecular weight is 441 g/mol. The van der Waals surface area contributed by atoms with Gasteiger partial charge in [-0.2, -0.15) is 0 Å². The van der Waals surface area contributed by atoms with Crippen LogP contribution in [0.2, 0.25) is 0 Å². The minimum atomic E-state index is 0.149. The van der Waals surface area contributed by atoms with Gasteiger partial charge >= 0.3 is 0 Å². The van der Waals surface area contributed by atoms with Crippen molar-refractivity contribution in [2.75, 3.05) is 19.6 Å². The molecule has 0 N–H and O–H groups in total.